The van der Waals surface area contributed by atoms with E-state index in [-0.39, 0.29) is 18.3 Å². The summed E-state index contributed by atoms with van der Waals surface area (Å²) in [5, 5.41) is 11.7. The molecular weight excluding hydrogens is 338 g/mol. The van der Waals surface area contributed by atoms with Gasteiger partial charge in [-0.05, 0) is 30.0 Å². The Morgan fingerprint density at radius 3 is 2.46 bits per heavy atom. The van der Waals surface area contributed by atoms with Gasteiger partial charge in [-0.3, -0.25) is 10.1 Å². The molecule has 8 heteroatoms. The predicted octanol–water partition coefficient (Wildman–Crippen LogP) is 1.57. The zero-order valence-electron chi connectivity index (χ0n) is 15.6. The number of hydrogen-bond donors (Lipinski definition) is 3. The van der Waals surface area contributed by atoms with Gasteiger partial charge in [0.1, 0.15) is 0 Å². The van der Waals surface area contributed by atoms with E-state index < -0.39 is 17.9 Å². The topological polar surface area (TPSA) is 123 Å². The van der Waals surface area contributed by atoms with Crippen LogP contribution in [-0.2, 0) is 16.0 Å². The van der Waals surface area contributed by atoms with Crippen LogP contribution in [0.2, 0.25) is 0 Å². The van der Waals surface area contributed by atoms with Crippen LogP contribution in [0.1, 0.15) is 32.3 Å². The zero-order valence-corrected chi connectivity index (χ0v) is 15.6. The second-order valence-electron chi connectivity index (χ2n) is 6.03. The fourth-order valence-electron chi connectivity index (χ4n) is 2.32. The summed E-state index contributed by atoms with van der Waals surface area (Å²) in [5.41, 5.74) is 6.39. The minimum absolute atomic E-state index is 0.0413. The van der Waals surface area contributed by atoms with E-state index in [2.05, 4.69) is 10.3 Å². The van der Waals surface area contributed by atoms with Gasteiger partial charge in [-0.15, -0.1) is 0 Å². The summed E-state index contributed by atoms with van der Waals surface area (Å²) in [4.78, 5) is 27.3. The van der Waals surface area contributed by atoms with Gasteiger partial charge in [0.25, 0.3) is 0 Å². The van der Waals surface area contributed by atoms with Crippen molar-refractivity contribution in [3.05, 3.63) is 23.8 Å². The van der Waals surface area contributed by atoms with Gasteiger partial charge in [-0.2, -0.15) is 0 Å². The first kappa shape index (κ1) is 21.3. The monoisotopic (exact) mass is 365 g/mol. The van der Waals surface area contributed by atoms with Gasteiger partial charge in [-0.1, -0.05) is 26.3 Å². The number of aliphatic imine (C=N–C) groups is 1. The third-order valence-corrected chi connectivity index (χ3v) is 3.98. The summed E-state index contributed by atoms with van der Waals surface area (Å²) in [6, 6.07) is 4.14. The summed E-state index contributed by atoms with van der Waals surface area (Å²) in [6.45, 7) is 3.92. The average molecular weight is 365 g/mol. The van der Waals surface area contributed by atoms with Crippen LogP contribution in [0.3, 0.4) is 0 Å². The predicted molar refractivity (Wildman–Crippen MR) is 98.5 cm³/mol. The van der Waals surface area contributed by atoms with Crippen molar-refractivity contribution in [1.29, 1.82) is 0 Å². The molecule has 0 aromatic heterocycles. The molecule has 0 saturated heterocycles. The van der Waals surface area contributed by atoms with Crippen molar-refractivity contribution in [2.24, 2.45) is 16.6 Å². The van der Waals surface area contributed by atoms with Gasteiger partial charge in [0.2, 0.25) is 5.91 Å². The highest BCUT2D eigenvalue weighted by molar-refractivity contribution is 5.97. The van der Waals surface area contributed by atoms with Crippen LogP contribution in [0.25, 0.3) is 0 Å². The van der Waals surface area contributed by atoms with E-state index in [4.69, 9.17) is 15.2 Å². The van der Waals surface area contributed by atoms with Gasteiger partial charge < -0.3 is 20.3 Å². The number of nitrogens with two attached hydrogens (primary N) is 1. The first-order valence-corrected chi connectivity index (χ1v) is 8.37. The number of carbonyl (C=O) groups is 2. The number of carboxylic acids is 1. The molecule has 0 spiro atoms. The quantitative estimate of drug-likeness (QED) is 0.451. The molecule has 1 aromatic carbocycles. The molecule has 2 unspecified atom stereocenters. The molecule has 0 aliphatic rings. The van der Waals surface area contributed by atoms with Crippen LogP contribution in [-0.4, -0.2) is 43.2 Å². The minimum atomic E-state index is -1.07. The highest BCUT2D eigenvalue weighted by atomic mass is 16.5. The molecule has 0 aliphatic heterocycles. The van der Waals surface area contributed by atoms with Gasteiger partial charge in [0.05, 0.1) is 20.6 Å². The van der Waals surface area contributed by atoms with E-state index in [0.29, 0.717) is 23.5 Å². The van der Waals surface area contributed by atoms with Crippen molar-refractivity contribution >= 4 is 17.8 Å². The lowest BCUT2D eigenvalue weighted by molar-refractivity contribution is -0.138. The molecule has 0 saturated carbocycles. The summed E-state index contributed by atoms with van der Waals surface area (Å²) in [7, 11) is 3.04. The van der Waals surface area contributed by atoms with E-state index in [1.165, 1.54) is 14.2 Å². The lowest BCUT2D eigenvalue weighted by Crippen LogP contribution is -2.39. The van der Waals surface area contributed by atoms with E-state index >= 15 is 0 Å². The molecule has 1 rings (SSSR count). The van der Waals surface area contributed by atoms with Crippen LogP contribution < -0.4 is 20.5 Å². The second-order valence-corrected chi connectivity index (χ2v) is 6.03. The maximum absolute atomic E-state index is 12.1. The van der Waals surface area contributed by atoms with Gasteiger partial charge in [0, 0.05) is 0 Å². The third-order valence-electron chi connectivity index (χ3n) is 3.98. The third kappa shape index (κ3) is 6.62. The van der Waals surface area contributed by atoms with Crippen molar-refractivity contribution in [1.82, 2.24) is 5.32 Å². The van der Waals surface area contributed by atoms with Gasteiger partial charge in [0.15, 0.2) is 23.5 Å². The van der Waals surface area contributed by atoms with Crippen LogP contribution in [0, 0.1) is 5.92 Å². The van der Waals surface area contributed by atoms with Crippen molar-refractivity contribution < 1.29 is 24.2 Å². The van der Waals surface area contributed by atoms with Crippen LogP contribution in [0.4, 0.5) is 0 Å². The lowest BCUT2D eigenvalue weighted by atomic mass is 10.00. The Labute approximate surface area is 153 Å². The largest absolute Gasteiger partial charge is 0.493 e. The summed E-state index contributed by atoms with van der Waals surface area (Å²) >= 11 is 0. The number of nitrogens with zero attached hydrogens (tertiary/aromatic N) is 1. The fraction of sp³-hybridized carbons (Fsp3) is 0.500. The van der Waals surface area contributed by atoms with Crippen LogP contribution in [0.15, 0.2) is 23.2 Å². The number of nitrogens with one attached hydrogen (secondary N) is 1. The van der Waals surface area contributed by atoms with E-state index in [1.807, 2.05) is 13.8 Å². The number of hydrogen-bond acceptors (Lipinski definition) is 5. The molecule has 0 heterocycles. The van der Waals surface area contributed by atoms with Crippen LogP contribution in [0.5, 0.6) is 11.5 Å². The van der Waals surface area contributed by atoms with Gasteiger partial charge in [-0.25, -0.2) is 9.79 Å². The molecule has 0 bridgehead atoms. The average Bonchev–Trinajstić information content (AvgIpc) is 2.60. The summed E-state index contributed by atoms with van der Waals surface area (Å²) in [5.74, 6) is -0.402. The molecule has 1 aromatic rings. The number of rotatable bonds is 9. The molecule has 0 radical (unpaired) electrons. The van der Waals surface area contributed by atoms with Gasteiger partial charge >= 0.3 is 5.97 Å². The van der Waals surface area contributed by atoms with Crippen LogP contribution >= 0.6 is 0 Å². The molecule has 1 amide bonds. The van der Waals surface area contributed by atoms with E-state index in [9.17, 15) is 14.7 Å². The number of benzene rings is 1. The molecule has 4 N–H and O–H groups in total. The standard InChI is InChI=1S/C18H27N3O5/c1-5-11(2)8-13(17(23)24)20-18(19)21-16(22)10-12-6-7-14(25-3)15(9-12)26-4/h6-7,9,11,13H,5,8,10H2,1-4H3,(H,23,24)(H3,19,20,21,22). The normalized spacial score (nSPS) is 13.6. The maximum Gasteiger partial charge on any atom is 0.328 e. The fourth-order valence-corrected chi connectivity index (χ4v) is 2.32. The molecule has 0 aliphatic carbocycles. The number of carboxylic acid groups (broad SMARTS) is 1. The Morgan fingerprint density at radius 2 is 1.92 bits per heavy atom. The second kappa shape index (κ2) is 10.3. The maximum atomic E-state index is 12.1. The number of aliphatic carboxylic acids is 1. The molecule has 144 valence electrons. The smallest absolute Gasteiger partial charge is 0.328 e. The SMILES string of the molecule is CCC(C)CC(N=C(N)NC(=O)Cc1ccc(OC)c(OC)c1)C(=O)O. The number of guanidine groups is 1. The zero-order chi connectivity index (χ0) is 19.7. The highest BCUT2D eigenvalue weighted by Gasteiger charge is 2.20. The highest BCUT2D eigenvalue weighted by Crippen LogP contribution is 2.27. The number of carbonyl (C=O) groups excluding carboxylic acids is 1. The van der Waals surface area contributed by atoms with Crippen molar-refractivity contribution in [3.8, 4) is 11.5 Å². The van der Waals surface area contributed by atoms with Crippen molar-refractivity contribution in [2.45, 2.75) is 39.2 Å². The molecular formula is C18H27N3O5. The van der Waals surface area contributed by atoms with Crippen molar-refractivity contribution in [3.63, 3.8) is 0 Å². The Bertz CT molecular complexity index is 660. The first-order valence-electron chi connectivity index (χ1n) is 8.37. The molecule has 26 heavy (non-hydrogen) atoms. The number of methoxy groups -OCH3 is 2. The Hall–Kier alpha value is -2.77. The Balaban J connectivity index is 2.75. The Morgan fingerprint density at radius 1 is 1.27 bits per heavy atom. The van der Waals surface area contributed by atoms with E-state index in [0.717, 1.165) is 6.42 Å². The lowest BCUT2D eigenvalue weighted by Gasteiger charge is -2.14. The van der Waals surface area contributed by atoms with E-state index in [1.54, 1.807) is 18.2 Å². The number of amides is 1. The Kier molecular flexibility index (Phi) is 8.41. The summed E-state index contributed by atoms with van der Waals surface area (Å²) < 4.78 is 10.3. The summed E-state index contributed by atoms with van der Waals surface area (Å²) in [6.07, 6.45) is 1.24. The number of ether oxygens (including phenoxy) is 2. The molecule has 2 atom stereocenters. The van der Waals surface area contributed by atoms with Crippen molar-refractivity contribution in [2.75, 3.05) is 14.2 Å². The molecule has 0 fully saturated rings. The first-order chi connectivity index (χ1) is 12.3. The molecule has 8 nitrogen and oxygen atoms in total. The minimum Gasteiger partial charge on any atom is -0.493 e.